The molecule has 0 bridgehead atoms. The molecule has 8 heteroatoms. The predicted octanol–water partition coefficient (Wildman–Crippen LogP) is 3.41. The number of hydrogen-bond donors (Lipinski definition) is 2. The van der Waals surface area contributed by atoms with E-state index in [9.17, 15) is 4.79 Å². The monoisotopic (exact) mass is 403 g/mol. The van der Waals surface area contributed by atoms with E-state index < -0.39 is 0 Å². The zero-order valence-corrected chi connectivity index (χ0v) is 16.2. The third-order valence-electron chi connectivity index (χ3n) is 5.00. The zero-order valence-electron chi connectivity index (χ0n) is 16.2. The molecule has 1 atom stereocenters. The molecule has 8 nitrogen and oxygen atoms in total. The fraction of sp³-hybridized carbons (Fsp3) is 0.227. The van der Waals surface area contributed by atoms with Crippen LogP contribution in [0.4, 0.5) is 11.6 Å². The molecule has 1 saturated heterocycles. The number of anilines is 2. The van der Waals surface area contributed by atoms with Crippen LogP contribution in [0.25, 0.3) is 16.7 Å². The Morgan fingerprint density at radius 3 is 2.93 bits per heavy atom. The Hall–Kier alpha value is -3.65. The van der Waals surface area contributed by atoms with Gasteiger partial charge < -0.3 is 14.8 Å². The van der Waals surface area contributed by atoms with Crippen LogP contribution in [0, 0.1) is 0 Å². The van der Waals surface area contributed by atoms with Gasteiger partial charge in [-0.3, -0.25) is 9.78 Å². The Labute approximate surface area is 172 Å². The second kappa shape index (κ2) is 8.00. The van der Waals surface area contributed by atoms with Crippen LogP contribution in [0.1, 0.15) is 12.8 Å². The van der Waals surface area contributed by atoms with Gasteiger partial charge in [0.2, 0.25) is 5.95 Å². The van der Waals surface area contributed by atoms with Gasteiger partial charge in [-0.1, -0.05) is 24.3 Å². The van der Waals surface area contributed by atoms with E-state index in [0.29, 0.717) is 23.6 Å². The minimum absolute atomic E-state index is 0.153. The lowest BCUT2D eigenvalue weighted by molar-refractivity contribution is 0.0680. The maximum Gasteiger partial charge on any atom is 0.263 e. The van der Waals surface area contributed by atoms with Gasteiger partial charge >= 0.3 is 0 Å². The van der Waals surface area contributed by atoms with Crippen molar-refractivity contribution in [3.05, 3.63) is 71.1 Å². The van der Waals surface area contributed by atoms with Gasteiger partial charge in [-0.05, 0) is 37.1 Å². The van der Waals surface area contributed by atoms with Crippen molar-refractivity contribution in [1.29, 1.82) is 0 Å². The highest BCUT2D eigenvalue weighted by Gasteiger charge is 2.16. The van der Waals surface area contributed by atoms with Gasteiger partial charge in [0.15, 0.2) is 5.65 Å². The summed E-state index contributed by atoms with van der Waals surface area (Å²) in [4.78, 5) is 19.9. The Morgan fingerprint density at radius 1 is 1.20 bits per heavy atom. The van der Waals surface area contributed by atoms with E-state index >= 15 is 0 Å². The number of hydrogen-bond acceptors (Lipinski definition) is 6. The number of aromatic amines is 1. The maximum atomic E-state index is 12.5. The summed E-state index contributed by atoms with van der Waals surface area (Å²) in [6.07, 6.45) is 3.78. The highest BCUT2D eigenvalue weighted by Crippen LogP contribution is 2.22. The van der Waals surface area contributed by atoms with Crippen LogP contribution < -0.4 is 15.6 Å². The van der Waals surface area contributed by atoms with Crippen LogP contribution in [0.3, 0.4) is 0 Å². The van der Waals surface area contributed by atoms with Crippen LogP contribution in [0.15, 0.2) is 65.6 Å². The molecule has 30 heavy (non-hydrogen) atoms. The van der Waals surface area contributed by atoms with Gasteiger partial charge in [0.1, 0.15) is 17.7 Å². The second-order valence-electron chi connectivity index (χ2n) is 7.14. The largest absolute Gasteiger partial charge is 0.491 e. The van der Waals surface area contributed by atoms with Crippen molar-refractivity contribution in [3.8, 4) is 11.4 Å². The Bertz CT molecular complexity index is 1210. The quantitative estimate of drug-likeness (QED) is 0.512. The molecule has 0 saturated carbocycles. The third-order valence-corrected chi connectivity index (χ3v) is 5.00. The summed E-state index contributed by atoms with van der Waals surface area (Å²) in [5.41, 5.74) is 1.82. The summed E-state index contributed by atoms with van der Waals surface area (Å²) < 4.78 is 13.1. The lowest BCUT2D eigenvalue weighted by atomic mass is 10.2. The molecule has 5 rings (SSSR count). The molecular weight excluding hydrogens is 382 g/mol. The number of fused-ring (bicyclic) bond motifs is 1. The lowest BCUT2D eigenvalue weighted by Gasteiger charge is -2.12. The molecule has 152 valence electrons. The molecule has 3 heterocycles. The minimum Gasteiger partial charge on any atom is -0.491 e. The number of ether oxygens (including phenoxy) is 2. The Morgan fingerprint density at radius 2 is 2.10 bits per heavy atom. The fourth-order valence-electron chi connectivity index (χ4n) is 3.50. The van der Waals surface area contributed by atoms with Crippen LogP contribution in [0.5, 0.6) is 5.75 Å². The summed E-state index contributed by atoms with van der Waals surface area (Å²) >= 11 is 0. The van der Waals surface area contributed by atoms with E-state index in [1.54, 1.807) is 4.68 Å². The van der Waals surface area contributed by atoms with E-state index in [2.05, 4.69) is 20.4 Å². The molecule has 1 unspecified atom stereocenters. The number of H-pyrrole nitrogens is 1. The second-order valence-corrected chi connectivity index (χ2v) is 7.14. The smallest absolute Gasteiger partial charge is 0.263 e. The highest BCUT2D eigenvalue weighted by atomic mass is 16.5. The molecule has 1 aliphatic rings. The van der Waals surface area contributed by atoms with Crippen LogP contribution in [0.2, 0.25) is 0 Å². The SMILES string of the molecule is O=c1[nH]c(Nc2cccc(OCC3CCCO3)c2)nc2c1cnn2-c1ccccc1. The summed E-state index contributed by atoms with van der Waals surface area (Å²) in [6.45, 7) is 1.33. The Balaban J connectivity index is 1.40. The zero-order chi connectivity index (χ0) is 20.3. The highest BCUT2D eigenvalue weighted by molar-refractivity contribution is 5.76. The first-order valence-electron chi connectivity index (χ1n) is 9.91. The molecule has 1 aliphatic heterocycles. The van der Waals surface area contributed by atoms with Crippen LogP contribution in [-0.4, -0.2) is 39.1 Å². The molecule has 2 N–H and O–H groups in total. The first-order chi connectivity index (χ1) is 14.8. The summed E-state index contributed by atoms with van der Waals surface area (Å²) in [6, 6.07) is 17.1. The van der Waals surface area contributed by atoms with E-state index in [1.807, 2.05) is 54.6 Å². The molecule has 0 aliphatic carbocycles. The molecule has 2 aromatic heterocycles. The van der Waals surface area contributed by atoms with Crippen molar-refractivity contribution in [3.63, 3.8) is 0 Å². The predicted molar refractivity (Wildman–Crippen MR) is 114 cm³/mol. The standard InChI is InChI=1S/C22H21N5O3/c28-21-19-13-23-27(16-7-2-1-3-8-16)20(19)25-22(26-21)24-15-6-4-9-17(12-15)30-14-18-10-5-11-29-18/h1-4,6-9,12-13,18H,5,10-11,14H2,(H2,24,25,26,28). The summed E-state index contributed by atoms with van der Waals surface area (Å²) in [7, 11) is 0. The minimum atomic E-state index is -0.254. The van der Waals surface area contributed by atoms with Crippen molar-refractivity contribution in [2.75, 3.05) is 18.5 Å². The third kappa shape index (κ3) is 3.77. The van der Waals surface area contributed by atoms with Gasteiger partial charge in [-0.15, -0.1) is 0 Å². The van der Waals surface area contributed by atoms with E-state index in [-0.39, 0.29) is 11.7 Å². The first-order valence-corrected chi connectivity index (χ1v) is 9.91. The lowest BCUT2D eigenvalue weighted by Crippen LogP contribution is -2.16. The molecule has 4 aromatic rings. The van der Waals surface area contributed by atoms with Crippen molar-refractivity contribution < 1.29 is 9.47 Å². The number of benzene rings is 2. The van der Waals surface area contributed by atoms with Crippen molar-refractivity contribution in [2.45, 2.75) is 18.9 Å². The van der Waals surface area contributed by atoms with Crippen molar-refractivity contribution >= 4 is 22.7 Å². The van der Waals surface area contributed by atoms with E-state index in [1.165, 1.54) is 6.20 Å². The van der Waals surface area contributed by atoms with Gasteiger partial charge in [0.25, 0.3) is 5.56 Å². The number of nitrogens with one attached hydrogen (secondary N) is 2. The van der Waals surface area contributed by atoms with Gasteiger partial charge in [0, 0.05) is 18.4 Å². The normalized spacial score (nSPS) is 16.1. The van der Waals surface area contributed by atoms with Gasteiger partial charge in [0.05, 0.1) is 18.0 Å². The Kier molecular flexibility index (Phi) is 4.90. The molecule has 1 fully saturated rings. The summed E-state index contributed by atoms with van der Waals surface area (Å²) in [5.74, 6) is 1.06. The van der Waals surface area contributed by atoms with Gasteiger partial charge in [-0.2, -0.15) is 10.1 Å². The van der Waals surface area contributed by atoms with E-state index in [0.717, 1.165) is 36.6 Å². The average molecular weight is 403 g/mol. The molecule has 2 aromatic carbocycles. The van der Waals surface area contributed by atoms with Crippen molar-refractivity contribution in [2.24, 2.45) is 0 Å². The maximum absolute atomic E-state index is 12.5. The molecule has 0 amide bonds. The number of para-hydroxylation sites is 1. The van der Waals surface area contributed by atoms with Crippen LogP contribution in [-0.2, 0) is 4.74 Å². The summed E-state index contributed by atoms with van der Waals surface area (Å²) in [5, 5.41) is 7.91. The van der Waals surface area contributed by atoms with E-state index in [4.69, 9.17) is 9.47 Å². The number of rotatable bonds is 6. The topological polar surface area (TPSA) is 94.1 Å². The first kappa shape index (κ1) is 18.4. The molecule has 0 spiro atoms. The molecular formula is C22H21N5O3. The molecule has 0 radical (unpaired) electrons. The number of aromatic nitrogens is 4. The average Bonchev–Trinajstić information content (AvgIpc) is 3.43. The van der Waals surface area contributed by atoms with Crippen molar-refractivity contribution in [1.82, 2.24) is 19.7 Å². The fourth-order valence-corrected chi connectivity index (χ4v) is 3.50. The number of nitrogens with zero attached hydrogens (tertiary/aromatic N) is 3. The van der Waals surface area contributed by atoms with Crippen LogP contribution >= 0.6 is 0 Å². The van der Waals surface area contributed by atoms with Gasteiger partial charge in [-0.25, -0.2) is 4.68 Å².